The van der Waals surface area contributed by atoms with Crippen LogP contribution >= 0.6 is 0 Å². The SMILES string of the molecule is O=C1OCC(c2ccncc2)=C1c1ccc(F)cc1. The van der Waals surface area contributed by atoms with Crippen LogP contribution < -0.4 is 0 Å². The van der Waals surface area contributed by atoms with Gasteiger partial charge in [-0.3, -0.25) is 4.98 Å². The lowest BCUT2D eigenvalue weighted by molar-refractivity contribution is -0.133. The quantitative estimate of drug-likeness (QED) is 0.774. The van der Waals surface area contributed by atoms with E-state index in [2.05, 4.69) is 4.98 Å². The number of benzene rings is 1. The van der Waals surface area contributed by atoms with E-state index in [-0.39, 0.29) is 18.4 Å². The van der Waals surface area contributed by atoms with Gasteiger partial charge in [0.15, 0.2) is 0 Å². The Bertz CT molecular complexity index is 648. The standard InChI is InChI=1S/C15H10FNO2/c16-12-3-1-11(2-4-12)14-13(9-19-15(14)18)10-5-7-17-8-6-10/h1-8H,9H2. The largest absolute Gasteiger partial charge is 0.457 e. The van der Waals surface area contributed by atoms with Gasteiger partial charge in [0.25, 0.3) is 0 Å². The van der Waals surface area contributed by atoms with Gasteiger partial charge in [0.2, 0.25) is 0 Å². The number of nitrogens with zero attached hydrogens (tertiary/aromatic N) is 1. The highest BCUT2D eigenvalue weighted by molar-refractivity contribution is 6.27. The summed E-state index contributed by atoms with van der Waals surface area (Å²) < 4.78 is 18.0. The second kappa shape index (κ2) is 4.65. The number of hydrogen-bond donors (Lipinski definition) is 0. The molecule has 3 rings (SSSR count). The lowest BCUT2D eigenvalue weighted by atomic mass is 9.97. The normalized spacial score (nSPS) is 14.7. The van der Waals surface area contributed by atoms with Gasteiger partial charge in [0, 0.05) is 18.0 Å². The monoisotopic (exact) mass is 255 g/mol. The first-order chi connectivity index (χ1) is 9.25. The zero-order chi connectivity index (χ0) is 13.2. The predicted octanol–water partition coefficient (Wildman–Crippen LogP) is 2.69. The van der Waals surface area contributed by atoms with Gasteiger partial charge in [-0.2, -0.15) is 0 Å². The molecule has 2 aromatic rings. The molecule has 1 aliphatic rings. The van der Waals surface area contributed by atoms with Crippen molar-refractivity contribution in [1.29, 1.82) is 0 Å². The Morgan fingerprint density at radius 3 is 2.37 bits per heavy atom. The van der Waals surface area contributed by atoms with Crippen LogP contribution in [0.5, 0.6) is 0 Å². The molecule has 19 heavy (non-hydrogen) atoms. The molecule has 1 aliphatic heterocycles. The van der Waals surface area contributed by atoms with Crippen LogP contribution in [0, 0.1) is 5.82 Å². The van der Waals surface area contributed by atoms with E-state index in [0.717, 1.165) is 11.1 Å². The van der Waals surface area contributed by atoms with Gasteiger partial charge in [0.05, 0.1) is 5.57 Å². The first-order valence-electron chi connectivity index (χ1n) is 5.82. The number of esters is 1. The Hall–Kier alpha value is -2.49. The maximum Gasteiger partial charge on any atom is 0.339 e. The molecule has 0 bridgehead atoms. The summed E-state index contributed by atoms with van der Waals surface area (Å²) >= 11 is 0. The van der Waals surface area contributed by atoms with Crippen molar-refractivity contribution in [2.45, 2.75) is 0 Å². The molecule has 4 heteroatoms. The number of cyclic esters (lactones) is 1. The molecular weight excluding hydrogens is 245 g/mol. The summed E-state index contributed by atoms with van der Waals surface area (Å²) in [5.74, 6) is -0.709. The third kappa shape index (κ3) is 2.12. The van der Waals surface area contributed by atoms with E-state index in [1.165, 1.54) is 12.1 Å². The van der Waals surface area contributed by atoms with E-state index < -0.39 is 0 Å². The number of pyridine rings is 1. The molecule has 94 valence electrons. The van der Waals surface area contributed by atoms with E-state index in [0.29, 0.717) is 11.1 Å². The Kier molecular flexibility index (Phi) is 2.83. The van der Waals surface area contributed by atoms with E-state index in [1.807, 2.05) is 12.1 Å². The first kappa shape index (κ1) is 11.6. The summed E-state index contributed by atoms with van der Waals surface area (Å²) in [7, 11) is 0. The molecule has 1 aromatic heterocycles. The van der Waals surface area contributed by atoms with Crippen LogP contribution in [0.25, 0.3) is 11.1 Å². The predicted molar refractivity (Wildman–Crippen MR) is 68.4 cm³/mol. The Morgan fingerprint density at radius 2 is 1.68 bits per heavy atom. The third-order valence-electron chi connectivity index (χ3n) is 3.02. The maximum atomic E-state index is 13.0. The van der Waals surface area contributed by atoms with Crippen LogP contribution in [0.3, 0.4) is 0 Å². The Labute approximate surface area is 109 Å². The molecule has 0 saturated heterocycles. The van der Waals surface area contributed by atoms with Crippen LogP contribution in [0.4, 0.5) is 4.39 Å². The fourth-order valence-electron chi connectivity index (χ4n) is 2.09. The van der Waals surface area contributed by atoms with Crippen molar-refractivity contribution in [3.8, 4) is 0 Å². The molecule has 2 heterocycles. The van der Waals surface area contributed by atoms with E-state index in [1.54, 1.807) is 24.5 Å². The fraction of sp³-hybridized carbons (Fsp3) is 0.0667. The van der Waals surface area contributed by atoms with Crippen molar-refractivity contribution >= 4 is 17.1 Å². The zero-order valence-corrected chi connectivity index (χ0v) is 9.97. The van der Waals surface area contributed by atoms with E-state index in [9.17, 15) is 9.18 Å². The summed E-state index contributed by atoms with van der Waals surface area (Å²) in [6.45, 7) is 0.232. The van der Waals surface area contributed by atoms with E-state index >= 15 is 0 Å². The topological polar surface area (TPSA) is 39.2 Å². The third-order valence-corrected chi connectivity index (χ3v) is 3.02. The van der Waals surface area contributed by atoms with Crippen LogP contribution in [-0.4, -0.2) is 17.6 Å². The highest BCUT2D eigenvalue weighted by Gasteiger charge is 2.26. The molecular formula is C15H10FNO2. The second-order valence-corrected chi connectivity index (χ2v) is 4.17. The summed E-state index contributed by atoms with van der Waals surface area (Å²) in [6, 6.07) is 9.47. The van der Waals surface area contributed by atoms with Gasteiger partial charge in [0.1, 0.15) is 12.4 Å². The lowest BCUT2D eigenvalue weighted by Crippen LogP contribution is -1.98. The summed E-state index contributed by atoms with van der Waals surface area (Å²) in [5, 5.41) is 0. The van der Waals surface area contributed by atoms with Crippen LogP contribution in [0.2, 0.25) is 0 Å². The number of halogens is 1. The molecule has 3 nitrogen and oxygen atoms in total. The molecule has 1 aromatic carbocycles. The number of hydrogen-bond acceptors (Lipinski definition) is 3. The number of carbonyl (C=O) groups is 1. The minimum atomic E-state index is -0.376. The van der Waals surface area contributed by atoms with Gasteiger partial charge in [-0.15, -0.1) is 0 Å². The summed E-state index contributed by atoms with van der Waals surface area (Å²) in [6.07, 6.45) is 3.32. The number of ether oxygens (including phenoxy) is 1. The molecule has 0 spiro atoms. The number of rotatable bonds is 2. The van der Waals surface area contributed by atoms with Crippen molar-refractivity contribution in [1.82, 2.24) is 4.98 Å². The Morgan fingerprint density at radius 1 is 1.00 bits per heavy atom. The Balaban J connectivity index is 2.14. The van der Waals surface area contributed by atoms with Crippen LogP contribution in [-0.2, 0) is 9.53 Å². The van der Waals surface area contributed by atoms with Gasteiger partial charge in [-0.05, 0) is 35.4 Å². The molecule has 0 radical (unpaired) electrons. The highest BCUT2D eigenvalue weighted by atomic mass is 19.1. The van der Waals surface area contributed by atoms with Crippen molar-refractivity contribution in [3.05, 3.63) is 65.7 Å². The first-order valence-corrected chi connectivity index (χ1v) is 5.82. The summed E-state index contributed by atoms with van der Waals surface area (Å²) in [5.41, 5.74) is 2.85. The van der Waals surface area contributed by atoms with Crippen molar-refractivity contribution in [3.63, 3.8) is 0 Å². The lowest BCUT2D eigenvalue weighted by Gasteiger charge is -2.04. The van der Waals surface area contributed by atoms with Gasteiger partial charge >= 0.3 is 5.97 Å². The average Bonchev–Trinajstić information content (AvgIpc) is 2.83. The second-order valence-electron chi connectivity index (χ2n) is 4.17. The van der Waals surface area contributed by atoms with Crippen LogP contribution in [0.15, 0.2) is 48.8 Å². The number of carbonyl (C=O) groups excluding carboxylic acids is 1. The fourth-order valence-corrected chi connectivity index (χ4v) is 2.09. The zero-order valence-electron chi connectivity index (χ0n) is 9.97. The van der Waals surface area contributed by atoms with E-state index in [4.69, 9.17) is 4.74 Å². The minimum Gasteiger partial charge on any atom is -0.457 e. The summed E-state index contributed by atoms with van der Waals surface area (Å²) in [4.78, 5) is 15.8. The molecule has 0 fully saturated rings. The van der Waals surface area contributed by atoms with Gasteiger partial charge in [-0.1, -0.05) is 12.1 Å². The molecule has 0 unspecified atom stereocenters. The highest BCUT2D eigenvalue weighted by Crippen LogP contribution is 2.32. The minimum absolute atomic E-state index is 0.232. The van der Waals surface area contributed by atoms with Crippen molar-refractivity contribution in [2.75, 3.05) is 6.61 Å². The number of aromatic nitrogens is 1. The molecule has 0 N–H and O–H groups in total. The average molecular weight is 255 g/mol. The van der Waals surface area contributed by atoms with Gasteiger partial charge in [-0.25, -0.2) is 9.18 Å². The molecule has 0 aliphatic carbocycles. The molecule has 0 saturated carbocycles. The van der Waals surface area contributed by atoms with Crippen molar-refractivity contribution < 1.29 is 13.9 Å². The van der Waals surface area contributed by atoms with Gasteiger partial charge < -0.3 is 4.74 Å². The smallest absolute Gasteiger partial charge is 0.339 e. The molecule has 0 atom stereocenters. The van der Waals surface area contributed by atoms with Crippen LogP contribution in [0.1, 0.15) is 11.1 Å². The van der Waals surface area contributed by atoms with Crippen molar-refractivity contribution in [2.24, 2.45) is 0 Å². The maximum absolute atomic E-state index is 13.0. The molecule has 0 amide bonds.